The number of hydrogen-bond donors (Lipinski definition) is 3. The largest absolute Gasteiger partial charge is 2.00 e. The third-order valence-corrected chi connectivity index (χ3v) is 3.84. The van der Waals surface area contributed by atoms with Crippen molar-refractivity contribution in [1.29, 1.82) is 0 Å². The number of aliphatic imine (C=N–C) groups is 2. The molecule has 0 amide bonds. The minimum atomic E-state index is -0.850. The van der Waals surface area contributed by atoms with Gasteiger partial charge in [0.05, 0.1) is 13.1 Å². The molecule has 25 heavy (non-hydrogen) atoms. The zero-order valence-corrected chi connectivity index (χ0v) is 15.1. The van der Waals surface area contributed by atoms with Gasteiger partial charge in [0.1, 0.15) is 0 Å². The maximum Gasteiger partial charge on any atom is 2.00 e. The first-order chi connectivity index (χ1) is 11.7. The van der Waals surface area contributed by atoms with E-state index in [9.17, 15) is 10.2 Å². The molecule has 0 saturated heterocycles. The van der Waals surface area contributed by atoms with E-state index in [1.807, 2.05) is 12.1 Å². The molecular formula is C17H25N5NiO2. The Kier molecular flexibility index (Phi) is 10.1. The van der Waals surface area contributed by atoms with Crippen LogP contribution in [0.2, 0.25) is 0 Å². The van der Waals surface area contributed by atoms with E-state index < -0.39 is 17.7 Å². The number of anilines is 1. The fourth-order valence-electron chi connectivity index (χ4n) is 2.47. The summed E-state index contributed by atoms with van der Waals surface area (Å²) < 4.78 is 0. The molecule has 1 aromatic rings. The van der Waals surface area contributed by atoms with Crippen molar-refractivity contribution in [2.45, 2.75) is 12.8 Å². The molecule has 1 aliphatic heterocycles. The van der Waals surface area contributed by atoms with Gasteiger partial charge in [-0.25, -0.2) is 0 Å². The topological polar surface area (TPSA) is 121 Å². The van der Waals surface area contributed by atoms with Crippen molar-refractivity contribution in [1.82, 2.24) is 10.6 Å². The number of nitrogens with zero attached hydrogens (tertiary/aromatic N) is 2. The van der Waals surface area contributed by atoms with Crippen LogP contribution >= 0.6 is 0 Å². The molecule has 1 aromatic carbocycles. The molecule has 0 saturated carbocycles. The average molecular weight is 390 g/mol. The SMILES string of the molecule is Nc1ccc(CC2C([O-])=NCCNCCCNCCN=C2[O-])cc1.[Ni+2]. The molecule has 0 radical (unpaired) electrons. The van der Waals surface area contributed by atoms with Gasteiger partial charge in [-0.05, 0) is 55.4 Å². The molecule has 0 unspecified atom stereocenters. The fourth-order valence-corrected chi connectivity index (χ4v) is 2.47. The smallest absolute Gasteiger partial charge is 0.862 e. The van der Waals surface area contributed by atoms with E-state index in [2.05, 4.69) is 20.6 Å². The quantitative estimate of drug-likeness (QED) is 0.421. The molecule has 2 rings (SSSR count). The Hall–Kier alpha value is -1.63. The van der Waals surface area contributed by atoms with Crippen LogP contribution < -0.4 is 26.6 Å². The molecular weight excluding hydrogens is 365 g/mol. The van der Waals surface area contributed by atoms with Gasteiger partial charge in [-0.1, -0.05) is 12.1 Å². The normalized spacial score (nSPS) is 20.6. The Bertz CT molecular complexity index is 537. The van der Waals surface area contributed by atoms with Gasteiger partial charge in [0.25, 0.3) is 0 Å². The number of benzene rings is 1. The van der Waals surface area contributed by atoms with Crippen LogP contribution in [0, 0.1) is 5.92 Å². The van der Waals surface area contributed by atoms with E-state index in [4.69, 9.17) is 5.73 Å². The number of nitrogens with one attached hydrogen (secondary N) is 2. The van der Waals surface area contributed by atoms with Crippen LogP contribution in [0.5, 0.6) is 0 Å². The van der Waals surface area contributed by atoms with E-state index in [1.165, 1.54) is 0 Å². The molecule has 0 atom stereocenters. The average Bonchev–Trinajstić information content (AvgIpc) is 2.58. The number of rotatable bonds is 2. The van der Waals surface area contributed by atoms with Crippen molar-refractivity contribution in [3.8, 4) is 0 Å². The molecule has 0 spiro atoms. The van der Waals surface area contributed by atoms with Crippen LogP contribution in [0.1, 0.15) is 12.0 Å². The predicted octanol–water partition coefficient (Wildman–Crippen LogP) is -1.47. The van der Waals surface area contributed by atoms with E-state index in [0.717, 1.165) is 25.1 Å². The molecule has 0 aromatic heterocycles. The maximum absolute atomic E-state index is 12.4. The van der Waals surface area contributed by atoms with Gasteiger partial charge in [0, 0.05) is 24.7 Å². The monoisotopic (exact) mass is 389 g/mol. The summed E-state index contributed by atoms with van der Waals surface area (Å²) in [5.74, 6) is -1.64. The van der Waals surface area contributed by atoms with Crippen molar-refractivity contribution >= 4 is 17.5 Å². The van der Waals surface area contributed by atoms with Gasteiger partial charge in [-0.15, -0.1) is 0 Å². The Balaban J connectivity index is 0.00000312. The van der Waals surface area contributed by atoms with Crippen LogP contribution in [0.4, 0.5) is 5.69 Å². The van der Waals surface area contributed by atoms with E-state index in [-0.39, 0.29) is 16.5 Å². The standard InChI is InChI=1S/C17H27N5O2.Ni/c18-14-4-2-13(3-5-14)12-15-16(23)21-10-8-19-6-1-7-20-9-11-22-17(15)24;/h2-5,15,19-20H,1,6-12,18H2,(H,21,23)(H,22,24);/q;+2/p-2. The van der Waals surface area contributed by atoms with Gasteiger partial charge in [0.2, 0.25) is 0 Å². The molecule has 140 valence electrons. The van der Waals surface area contributed by atoms with Gasteiger partial charge >= 0.3 is 16.5 Å². The molecule has 0 fully saturated rings. The second kappa shape index (κ2) is 11.8. The van der Waals surface area contributed by atoms with Crippen molar-refractivity contribution in [2.75, 3.05) is 45.0 Å². The minimum Gasteiger partial charge on any atom is -0.862 e. The Labute approximate surface area is 158 Å². The van der Waals surface area contributed by atoms with Crippen molar-refractivity contribution < 1.29 is 26.7 Å². The zero-order valence-electron chi connectivity index (χ0n) is 14.1. The Morgan fingerprint density at radius 1 is 0.920 bits per heavy atom. The molecule has 1 heterocycles. The summed E-state index contributed by atoms with van der Waals surface area (Å²) >= 11 is 0. The van der Waals surface area contributed by atoms with Crippen LogP contribution in [-0.2, 0) is 22.9 Å². The minimum absolute atomic E-state index is 0. The first-order valence-corrected chi connectivity index (χ1v) is 8.35. The van der Waals surface area contributed by atoms with Crippen molar-refractivity contribution in [3.05, 3.63) is 29.8 Å². The van der Waals surface area contributed by atoms with Gasteiger partial charge < -0.3 is 36.6 Å². The Morgan fingerprint density at radius 3 is 1.96 bits per heavy atom. The predicted molar refractivity (Wildman–Crippen MR) is 93.0 cm³/mol. The number of nitrogen functional groups attached to an aromatic ring is 1. The van der Waals surface area contributed by atoms with Gasteiger partial charge in [-0.2, -0.15) is 0 Å². The molecule has 4 N–H and O–H groups in total. The van der Waals surface area contributed by atoms with Crippen LogP contribution in [0.25, 0.3) is 0 Å². The summed E-state index contributed by atoms with van der Waals surface area (Å²) in [6.45, 7) is 3.76. The first-order valence-electron chi connectivity index (χ1n) is 8.35. The van der Waals surface area contributed by atoms with Crippen molar-refractivity contribution in [2.24, 2.45) is 15.9 Å². The summed E-state index contributed by atoms with van der Waals surface area (Å²) in [4.78, 5) is 8.07. The fraction of sp³-hybridized carbons (Fsp3) is 0.529. The molecule has 7 nitrogen and oxygen atoms in total. The van der Waals surface area contributed by atoms with Crippen LogP contribution in [-0.4, -0.2) is 51.1 Å². The maximum atomic E-state index is 12.4. The molecule has 8 heteroatoms. The third-order valence-electron chi connectivity index (χ3n) is 3.84. The van der Waals surface area contributed by atoms with Crippen LogP contribution in [0.3, 0.4) is 0 Å². The second-order valence-corrected chi connectivity index (χ2v) is 5.79. The van der Waals surface area contributed by atoms with E-state index >= 15 is 0 Å². The zero-order chi connectivity index (χ0) is 17.2. The van der Waals surface area contributed by atoms with Gasteiger partial charge in [-0.3, -0.25) is 0 Å². The summed E-state index contributed by atoms with van der Waals surface area (Å²) in [5.41, 5.74) is 7.19. The Morgan fingerprint density at radius 2 is 1.44 bits per heavy atom. The summed E-state index contributed by atoms with van der Waals surface area (Å²) in [6, 6.07) is 7.17. The summed E-state index contributed by atoms with van der Waals surface area (Å²) in [7, 11) is 0. The first kappa shape index (κ1) is 21.4. The van der Waals surface area contributed by atoms with E-state index in [0.29, 0.717) is 38.3 Å². The molecule has 0 bridgehead atoms. The van der Waals surface area contributed by atoms with Gasteiger partial charge in [0.15, 0.2) is 0 Å². The van der Waals surface area contributed by atoms with E-state index in [1.54, 1.807) is 12.1 Å². The third kappa shape index (κ3) is 7.86. The van der Waals surface area contributed by atoms with Crippen molar-refractivity contribution in [3.63, 3.8) is 0 Å². The summed E-state index contributed by atoms with van der Waals surface area (Å²) in [5, 5.41) is 31.2. The molecule has 1 aliphatic rings. The number of hydrogen-bond acceptors (Lipinski definition) is 7. The molecule has 0 aliphatic carbocycles. The second-order valence-electron chi connectivity index (χ2n) is 5.79. The van der Waals surface area contributed by atoms with Crippen LogP contribution in [0.15, 0.2) is 34.3 Å². The summed E-state index contributed by atoms with van der Waals surface area (Å²) in [6.07, 6.45) is 1.29. The number of nitrogens with two attached hydrogens (primary N) is 1.